The van der Waals surface area contributed by atoms with E-state index in [1.807, 2.05) is 0 Å². The number of nitrogens with zero attached hydrogens (tertiary/aromatic N) is 3. The summed E-state index contributed by atoms with van der Waals surface area (Å²) in [7, 11) is 0. The molecule has 140 valence electrons. The lowest BCUT2D eigenvalue weighted by molar-refractivity contribution is -0.147. The minimum atomic E-state index is -0.929. The first-order valence-corrected chi connectivity index (χ1v) is 9.82. The van der Waals surface area contributed by atoms with Gasteiger partial charge < -0.3 is 4.90 Å². The number of hydrogen-bond acceptors (Lipinski definition) is 3. The van der Waals surface area contributed by atoms with Crippen molar-refractivity contribution in [2.75, 3.05) is 45.8 Å². The first-order chi connectivity index (χ1) is 10.9. The smallest absolute Gasteiger partial charge is 0.114 e. The molecule has 0 unspecified atom stereocenters. The molecule has 3 rings (SSSR count). The van der Waals surface area contributed by atoms with Crippen LogP contribution in [0.25, 0.3) is 0 Å². The second kappa shape index (κ2) is 5.92. The molecule has 0 bridgehead atoms. The fourth-order valence-electron chi connectivity index (χ4n) is 4.69. The number of hydrogen-bond donors (Lipinski definition) is 0. The van der Waals surface area contributed by atoms with Crippen molar-refractivity contribution in [3.05, 3.63) is 0 Å². The molecule has 0 N–H and O–H groups in total. The van der Waals surface area contributed by atoms with Crippen LogP contribution in [0.5, 0.6) is 0 Å². The monoisotopic (exact) mass is 339 g/mol. The Bertz CT molecular complexity index is 440. The Kier molecular flexibility index (Phi) is 4.59. The van der Waals surface area contributed by atoms with E-state index >= 15 is 4.39 Å². The lowest BCUT2D eigenvalue weighted by Gasteiger charge is -2.64. The molecule has 0 aromatic carbocycles. The van der Waals surface area contributed by atoms with Crippen LogP contribution < -0.4 is 0 Å². The van der Waals surface area contributed by atoms with Gasteiger partial charge in [-0.3, -0.25) is 9.80 Å². The van der Waals surface area contributed by atoms with Crippen LogP contribution in [-0.2, 0) is 0 Å². The first kappa shape index (κ1) is 18.6. The molecule has 0 saturated carbocycles. The standard InChI is InChI=1S/C20H38FN3/c1-17(2,3)23-11-8-20(21,9-12-23)7-10-22-13-19(14-22)15-24(16-19)18(4,5)6/h7-16H2,1-6H3. The molecule has 0 radical (unpaired) electrons. The topological polar surface area (TPSA) is 9.72 Å². The molecule has 0 aliphatic carbocycles. The molecule has 3 fully saturated rings. The maximum Gasteiger partial charge on any atom is 0.114 e. The summed E-state index contributed by atoms with van der Waals surface area (Å²) in [5, 5.41) is 0. The molecule has 3 heterocycles. The predicted molar refractivity (Wildman–Crippen MR) is 99.2 cm³/mol. The zero-order valence-corrected chi connectivity index (χ0v) is 16.8. The molecule has 0 amide bonds. The highest BCUT2D eigenvalue weighted by molar-refractivity contribution is 5.08. The lowest BCUT2D eigenvalue weighted by atomic mass is 9.70. The predicted octanol–water partition coefficient (Wildman–Crippen LogP) is 3.40. The third kappa shape index (κ3) is 3.81. The zero-order valence-electron chi connectivity index (χ0n) is 16.8. The Morgan fingerprint density at radius 3 is 1.75 bits per heavy atom. The number of halogens is 1. The third-order valence-electron chi connectivity index (χ3n) is 6.60. The van der Waals surface area contributed by atoms with E-state index in [0.29, 0.717) is 23.8 Å². The summed E-state index contributed by atoms with van der Waals surface area (Å²) >= 11 is 0. The van der Waals surface area contributed by atoms with Crippen molar-refractivity contribution in [3.8, 4) is 0 Å². The summed E-state index contributed by atoms with van der Waals surface area (Å²) in [6, 6.07) is 0. The van der Waals surface area contributed by atoms with E-state index in [1.165, 1.54) is 26.2 Å². The van der Waals surface area contributed by atoms with Gasteiger partial charge in [-0.1, -0.05) is 0 Å². The quantitative estimate of drug-likeness (QED) is 0.780. The maximum atomic E-state index is 15.1. The molecular weight excluding hydrogens is 301 g/mol. The fourth-order valence-corrected chi connectivity index (χ4v) is 4.69. The van der Waals surface area contributed by atoms with Gasteiger partial charge in [0.15, 0.2) is 0 Å². The fraction of sp³-hybridized carbons (Fsp3) is 1.00. The molecular formula is C20H38FN3. The van der Waals surface area contributed by atoms with E-state index in [9.17, 15) is 0 Å². The molecule has 3 aliphatic rings. The molecule has 3 aliphatic heterocycles. The molecule has 0 aromatic rings. The van der Waals surface area contributed by atoms with Crippen LogP contribution >= 0.6 is 0 Å². The van der Waals surface area contributed by atoms with Crippen LogP contribution in [-0.4, -0.2) is 77.3 Å². The normalized spacial score (nSPS) is 28.6. The van der Waals surface area contributed by atoms with Crippen LogP contribution in [0, 0.1) is 5.41 Å². The summed E-state index contributed by atoms with van der Waals surface area (Å²) in [5.74, 6) is 0. The van der Waals surface area contributed by atoms with E-state index in [1.54, 1.807) is 0 Å². The van der Waals surface area contributed by atoms with Crippen LogP contribution in [0.3, 0.4) is 0 Å². The van der Waals surface area contributed by atoms with Crippen molar-refractivity contribution in [3.63, 3.8) is 0 Å². The van der Waals surface area contributed by atoms with Crippen molar-refractivity contribution in [1.29, 1.82) is 0 Å². The van der Waals surface area contributed by atoms with Crippen molar-refractivity contribution >= 4 is 0 Å². The van der Waals surface area contributed by atoms with E-state index in [0.717, 1.165) is 26.1 Å². The van der Waals surface area contributed by atoms with Crippen LogP contribution in [0.1, 0.15) is 60.8 Å². The Balaban J connectivity index is 1.37. The first-order valence-electron chi connectivity index (χ1n) is 9.82. The minimum absolute atomic E-state index is 0.175. The molecule has 0 atom stereocenters. The third-order valence-corrected chi connectivity index (χ3v) is 6.60. The van der Waals surface area contributed by atoms with E-state index in [4.69, 9.17) is 0 Å². The lowest BCUT2D eigenvalue weighted by Crippen LogP contribution is -2.74. The molecule has 0 aromatic heterocycles. The van der Waals surface area contributed by atoms with Gasteiger partial charge in [-0.05, 0) is 60.8 Å². The van der Waals surface area contributed by atoms with Gasteiger partial charge in [0.25, 0.3) is 0 Å². The van der Waals surface area contributed by atoms with Crippen LogP contribution in [0.2, 0.25) is 0 Å². The maximum absolute atomic E-state index is 15.1. The van der Waals surface area contributed by atoms with Gasteiger partial charge in [-0.25, -0.2) is 4.39 Å². The molecule has 3 nitrogen and oxygen atoms in total. The minimum Gasteiger partial charge on any atom is -0.302 e. The van der Waals surface area contributed by atoms with Crippen LogP contribution in [0.15, 0.2) is 0 Å². The van der Waals surface area contributed by atoms with Gasteiger partial charge in [-0.15, -0.1) is 0 Å². The van der Waals surface area contributed by atoms with Gasteiger partial charge in [-0.2, -0.15) is 0 Å². The van der Waals surface area contributed by atoms with Crippen molar-refractivity contribution in [2.24, 2.45) is 5.41 Å². The van der Waals surface area contributed by atoms with E-state index < -0.39 is 5.67 Å². The van der Waals surface area contributed by atoms with Gasteiger partial charge in [0.05, 0.1) is 0 Å². The van der Waals surface area contributed by atoms with Crippen LogP contribution in [0.4, 0.5) is 4.39 Å². The second-order valence-electron chi connectivity index (χ2n) is 10.8. The summed E-state index contributed by atoms with van der Waals surface area (Å²) < 4.78 is 15.1. The molecule has 4 heteroatoms. The van der Waals surface area contributed by atoms with Crippen molar-refractivity contribution < 1.29 is 4.39 Å². The summed E-state index contributed by atoms with van der Waals surface area (Å²) in [5.41, 5.74) is 0.0813. The van der Waals surface area contributed by atoms with Gasteiger partial charge in [0, 0.05) is 62.3 Å². The number of alkyl halides is 1. The Labute approximate surface area is 148 Å². The van der Waals surface area contributed by atoms with E-state index in [2.05, 4.69) is 56.2 Å². The highest BCUT2D eigenvalue weighted by atomic mass is 19.1. The highest BCUT2D eigenvalue weighted by Gasteiger charge is 2.53. The summed E-state index contributed by atoms with van der Waals surface area (Å²) in [6.07, 6.45) is 2.14. The number of likely N-dealkylation sites (tertiary alicyclic amines) is 3. The largest absolute Gasteiger partial charge is 0.302 e. The second-order valence-corrected chi connectivity index (χ2v) is 10.8. The SMILES string of the molecule is CC(C)(C)N1CCC(F)(CCN2CC3(C2)CN(C(C)(C)C)C3)CC1. The Morgan fingerprint density at radius 2 is 1.29 bits per heavy atom. The average Bonchev–Trinajstić information content (AvgIpc) is 2.32. The zero-order chi connectivity index (χ0) is 17.8. The number of rotatable bonds is 3. The van der Waals surface area contributed by atoms with Gasteiger partial charge >= 0.3 is 0 Å². The van der Waals surface area contributed by atoms with Gasteiger partial charge in [0.1, 0.15) is 5.67 Å². The van der Waals surface area contributed by atoms with Crippen molar-refractivity contribution in [2.45, 2.75) is 77.6 Å². The van der Waals surface area contributed by atoms with Crippen molar-refractivity contribution in [1.82, 2.24) is 14.7 Å². The molecule has 24 heavy (non-hydrogen) atoms. The average molecular weight is 340 g/mol. The molecule has 1 spiro atoms. The Morgan fingerprint density at radius 1 is 0.792 bits per heavy atom. The number of piperidine rings is 1. The highest BCUT2D eigenvalue weighted by Crippen LogP contribution is 2.43. The molecule has 3 saturated heterocycles. The van der Waals surface area contributed by atoms with Gasteiger partial charge in [0.2, 0.25) is 0 Å². The van der Waals surface area contributed by atoms with E-state index in [-0.39, 0.29) is 5.54 Å². The summed E-state index contributed by atoms with van der Waals surface area (Å²) in [6.45, 7) is 21.2. The Hall–Kier alpha value is -0.190. The summed E-state index contributed by atoms with van der Waals surface area (Å²) in [4.78, 5) is 7.49.